The zero-order valence-corrected chi connectivity index (χ0v) is 15.1. The van der Waals surface area contributed by atoms with Gasteiger partial charge in [-0.2, -0.15) is 0 Å². The number of benzene rings is 2. The summed E-state index contributed by atoms with van der Waals surface area (Å²) in [5, 5.41) is 4.29. The van der Waals surface area contributed by atoms with Crippen LogP contribution in [0.1, 0.15) is 29.0 Å². The van der Waals surface area contributed by atoms with Crippen molar-refractivity contribution in [2.24, 2.45) is 19.3 Å². The molecule has 6 heteroatoms. The third kappa shape index (κ3) is 2.89. The molecule has 1 aromatic heterocycles. The van der Waals surface area contributed by atoms with Crippen LogP contribution in [0.15, 0.2) is 75.4 Å². The molecule has 0 aliphatic carbocycles. The molecule has 2 heterocycles. The van der Waals surface area contributed by atoms with Crippen molar-refractivity contribution >= 4 is 5.71 Å². The molecule has 1 aliphatic rings. The summed E-state index contributed by atoms with van der Waals surface area (Å²) in [5.41, 5.74) is 2.28. The highest BCUT2D eigenvalue weighted by Crippen LogP contribution is 2.34. The second-order valence-corrected chi connectivity index (χ2v) is 6.59. The van der Waals surface area contributed by atoms with Crippen LogP contribution in [0.3, 0.4) is 0 Å². The van der Waals surface area contributed by atoms with Gasteiger partial charge >= 0.3 is 5.69 Å². The van der Waals surface area contributed by atoms with Gasteiger partial charge in [0.1, 0.15) is 0 Å². The van der Waals surface area contributed by atoms with E-state index in [0.717, 1.165) is 21.4 Å². The van der Waals surface area contributed by atoms with E-state index in [1.165, 1.54) is 11.6 Å². The SMILES string of the molecule is Cn1c2c(c(=O)n(C)c1=O)C(c1ccccc1)CC(c1ccccc1)=NO2. The topological polar surface area (TPSA) is 65.6 Å². The largest absolute Gasteiger partial charge is 0.337 e. The van der Waals surface area contributed by atoms with E-state index in [0.29, 0.717) is 12.0 Å². The van der Waals surface area contributed by atoms with Gasteiger partial charge in [0, 0.05) is 26.4 Å². The first-order chi connectivity index (χ1) is 13.1. The van der Waals surface area contributed by atoms with Crippen LogP contribution in [0.4, 0.5) is 0 Å². The Kier molecular flexibility index (Phi) is 4.24. The number of rotatable bonds is 2. The molecule has 136 valence electrons. The van der Waals surface area contributed by atoms with Crippen molar-refractivity contribution < 1.29 is 4.84 Å². The zero-order chi connectivity index (χ0) is 19.0. The first-order valence-corrected chi connectivity index (χ1v) is 8.72. The summed E-state index contributed by atoms with van der Waals surface area (Å²) < 4.78 is 2.45. The lowest BCUT2D eigenvalue weighted by atomic mass is 9.86. The van der Waals surface area contributed by atoms with E-state index >= 15 is 0 Å². The number of fused-ring (bicyclic) bond motifs is 1. The molecule has 1 aliphatic heterocycles. The highest BCUT2D eigenvalue weighted by molar-refractivity contribution is 6.01. The molecule has 2 aromatic carbocycles. The molecule has 6 nitrogen and oxygen atoms in total. The Balaban J connectivity index is 1.97. The molecule has 27 heavy (non-hydrogen) atoms. The van der Waals surface area contributed by atoms with Crippen LogP contribution in [-0.4, -0.2) is 14.8 Å². The first kappa shape index (κ1) is 17.0. The second kappa shape index (κ2) is 6.72. The molecule has 0 radical (unpaired) electrons. The summed E-state index contributed by atoms with van der Waals surface area (Å²) in [6, 6.07) is 19.5. The minimum Gasteiger partial charge on any atom is -0.337 e. The van der Waals surface area contributed by atoms with Crippen LogP contribution in [0, 0.1) is 0 Å². The van der Waals surface area contributed by atoms with Gasteiger partial charge in [0.15, 0.2) is 0 Å². The monoisotopic (exact) mass is 361 g/mol. The Morgan fingerprint density at radius 3 is 2.22 bits per heavy atom. The molecule has 1 unspecified atom stereocenters. The standard InChI is InChI=1S/C21H19N3O3/c1-23-19(25)18-16(14-9-5-3-6-10-14)13-17(15-11-7-4-8-12-15)22-27-20(18)24(2)21(23)26/h3-12,16H,13H2,1-2H3. The predicted molar refractivity (Wildman–Crippen MR) is 103 cm³/mol. The lowest BCUT2D eigenvalue weighted by molar-refractivity contribution is 0.304. The molecular weight excluding hydrogens is 342 g/mol. The van der Waals surface area contributed by atoms with Gasteiger partial charge < -0.3 is 4.84 Å². The maximum Gasteiger partial charge on any atom is 0.333 e. The minimum atomic E-state index is -0.441. The van der Waals surface area contributed by atoms with Gasteiger partial charge in [-0.3, -0.25) is 13.9 Å². The van der Waals surface area contributed by atoms with Crippen molar-refractivity contribution in [3.05, 3.63) is 98.2 Å². The number of aromatic nitrogens is 2. The third-order valence-corrected chi connectivity index (χ3v) is 4.94. The summed E-state index contributed by atoms with van der Waals surface area (Å²) in [6.07, 6.45) is 0.495. The molecule has 0 saturated heterocycles. The second-order valence-electron chi connectivity index (χ2n) is 6.59. The minimum absolute atomic E-state index is 0.197. The van der Waals surface area contributed by atoms with Crippen LogP contribution < -0.4 is 16.1 Å². The summed E-state index contributed by atoms with van der Waals surface area (Å²) in [5.74, 6) is -0.0731. The van der Waals surface area contributed by atoms with E-state index < -0.39 is 5.69 Å². The number of hydrogen-bond acceptors (Lipinski definition) is 4. The fraction of sp³-hybridized carbons (Fsp3) is 0.190. The van der Waals surface area contributed by atoms with Crippen LogP contribution in [0.2, 0.25) is 0 Å². The Labute approximate surface area is 156 Å². The molecule has 3 aromatic rings. The van der Waals surface area contributed by atoms with Gasteiger partial charge in [-0.1, -0.05) is 65.8 Å². The maximum absolute atomic E-state index is 13.0. The fourth-order valence-corrected chi connectivity index (χ4v) is 3.46. The van der Waals surface area contributed by atoms with Gasteiger partial charge in [-0.15, -0.1) is 0 Å². The molecule has 0 amide bonds. The van der Waals surface area contributed by atoms with Crippen LogP contribution in [0.25, 0.3) is 0 Å². The van der Waals surface area contributed by atoms with Gasteiger partial charge in [0.2, 0.25) is 5.88 Å². The lowest BCUT2D eigenvalue weighted by Crippen LogP contribution is -2.40. The summed E-state index contributed by atoms with van der Waals surface area (Å²) >= 11 is 0. The number of nitrogens with zero attached hydrogens (tertiary/aromatic N) is 3. The van der Waals surface area contributed by atoms with E-state index in [1.54, 1.807) is 7.05 Å². The molecular formula is C21H19N3O3. The van der Waals surface area contributed by atoms with Gasteiger partial charge in [-0.05, 0) is 11.1 Å². The normalized spacial score (nSPS) is 16.1. The van der Waals surface area contributed by atoms with Crippen molar-refractivity contribution in [3.8, 4) is 5.88 Å². The highest BCUT2D eigenvalue weighted by atomic mass is 16.6. The molecule has 1 atom stereocenters. The van der Waals surface area contributed by atoms with Crippen LogP contribution in [-0.2, 0) is 14.1 Å². The number of hydrogen-bond donors (Lipinski definition) is 0. The quantitative estimate of drug-likeness (QED) is 0.704. The van der Waals surface area contributed by atoms with Crippen molar-refractivity contribution in [1.82, 2.24) is 9.13 Å². The van der Waals surface area contributed by atoms with Gasteiger partial charge in [-0.25, -0.2) is 4.79 Å². The molecule has 0 N–H and O–H groups in total. The molecule has 0 spiro atoms. The smallest absolute Gasteiger partial charge is 0.333 e. The fourth-order valence-electron chi connectivity index (χ4n) is 3.46. The van der Waals surface area contributed by atoms with E-state index in [-0.39, 0.29) is 17.4 Å². The summed E-state index contributed by atoms with van der Waals surface area (Å²) in [7, 11) is 3.07. The Morgan fingerprint density at radius 2 is 1.56 bits per heavy atom. The van der Waals surface area contributed by atoms with Crippen molar-refractivity contribution in [1.29, 1.82) is 0 Å². The zero-order valence-electron chi connectivity index (χ0n) is 15.1. The van der Waals surface area contributed by atoms with Crippen molar-refractivity contribution in [3.63, 3.8) is 0 Å². The van der Waals surface area contributed by atoms with Crippen molar-refractivity contribution in [2.45, 2.75) is 12.3 Å². The Morgan fingerprint density at radius 1 is 0.926 bits per heavy atom. The lowest BCUT2D eigenvalue weighted by Gasteiger charge is -2.18. The summed E-state index contributed by atoms with van der Waals surface area (Å²) in [6.45, 7) is 0. The average Bonchev–Trinajstić information content (AvgIpc) is 2.92. The van der Waals surface area contributed by atoms with Crippen LogP contribution >= 0.6 is 0 Å². The Hall–Kier alpha value is -3.41. The van der Waals surface area contributed by atoms with Crippen LogP contribution in [0.5, 0.6) is 5.88 Å². The molecule has 4 rings (SSSR count). The molecule has 0 fully saturated rings. The molecule has 0 bridgehead atoms. The number of oxime groups is 1. The van der Waals surface area contributed by atoms with Gasteiger partial charge in [0.25, 0.3) is 5.56 Å². The Bertz CT molecular complexity index is 1130. The average molecular weight is 361 g/mol. The predicted octanol–water partition coefficient (Wildman–Crippen LogP) is 2.40. The van der Waals surface area contributed by atoms with E-state index in [9.17, 15) is 9.59 Å². The van der Waals surface area contributed by atoms with Crippen molar-refractivity contribution in [2.75, 3.05) is 0 Å². The third-order valence-electron chi connectivity index (χ3n) is 4.94. The summed E-state index contributed by atoms with van der Waals surface area (Å²) in [4.78, 5) is 31.0. The van der Waals surface area contributed by atoms with E-state index in [2.05, 4.69) is 5.16 Å². The molecule has 0 saturated carbocycles. The maximum atomic E-state index is 13.0. The van der Waals surface area contributed by atoms with Gasteiger partial charge in [0.05, 0.1) is 11.3 Å². The highest BCUT2D eigenvalue weighted by Gasteiger charge is 2.30. The first-order valence-electron chi connectivity index (χ1n) is 8.72. The van der Waals surface area contributed by atoms with E-state index in [4.69, 9.17) is 4.84 Å². The van der Waals surface area contributed by atoms with E-state index in [1.807, 2.05) is 60.7 Å².